The number of aliphatic hydroxyl groups is 2. The Morgan fingerprint density at radius 1 is 1.24 bits per heavy atom. The summed E-state index contributed by atoms with van der Waals surface area (Å²) in [6.45, 7) is 2.03. The predicted molar refractivity (Wildman–Crippen MR) is 97.1 cm³/mol. The molecule has 1 aliphatic carbocycles. The van der Waals surface area contributed by atoms with Crippen LogP contribution in [0.25, 0.3) is 0 Å². The summed E-state index contributed by atoms with van der Waals surface area (Å²) in [7, 11) is 0. The number of carbonyl (C=O) groups excluding carboxylic acids is 1. The van der Waals surface area contributed by atoms with E-state index in [9.17, 15) is 19.8 Å². The lowest BCUT2D eigenvalue weighted by Gasteiger charge is -2.18. The lowest BCUT2D eigenvalue weighted by Crippen LogP contribution is -2.19. The molecule has 0 spiro atoms. The van der Waals surface area contributed by atoms with Gasteiger partial charge in [-0.1, -0.05) is 50.5 Å². The first-order valence-corrected chi connectivity index (χ1v) is 9.39. The molecule has 142 valence electrons. The maximum atomic E-state index is 12.1. The number of Topliss-reactive ketones (excluding diaryl/α,β-unsaturated/α-hetero) is 1. The number of hydrogen-bond acceptors (Lipinski definition) is 4. The number of hydrogen-bond donors (Lipinski definition) is 3. The summed E-state index contributed by atoms with van der Waals surface area (Å²) in [5, 5.41) is 28.7. The summed E-state index contributed by atoms with van der Waals surface area (Å²) in [5.41, 5.74) is 0. The molecule has 4 atom stereocenters. The van der Waals surface area contributed by atoms with Crippen LogP contribution in [0.4, 0.5) is 0 Å². The van der Waals surface area contributed by atoms with Crippen molar-refractivity contribution in [2.75, 3.05) is 0 Å². The Kier molecular flexibility index (Phi) is 10.3. The quantitative estimate of drug-likeness (QED) is 0.370. The van der Waals surface area contributed by atoms with E-state index in [2.05, 4.69) is 0 Å². The molecule has 0 bridgehead atoms. The van der Waals surface area contributed by atoms with E-state index in [1.165, 1.54) is 0 Å². The number of carboxylic acids is 1. The number of rotatable bonds is 12. The van der Waals surface area contributed by atoms with Gasteiger partial charge < -0.3 is 15.3 Å². The maximum absolute atomic E-state index is 12.1. The van der Waals surface area contributed by atoms with Gasteiger partial charge in [-0.05, 0) is 25.7 Å². The van der Waals surface area contributed by atoms with Crippen LogP contribution in [0.1, 0.15) is 64.7 Å². The van der Waals surface area contributed by atoms with Crippen LogP contribution >= 0.6 is 0 Å². The van der Waals surface area contributed by atoms with E-state index in [0.717, 1.165) is 25.7 Å². The van der Waals surface area contributed by atoms with Gasteiger partial charge in [0.2, 0.25) is 0 Å². The first-order valence-electron chi connectivity index (χ1n) is 9.39. The van der Waals surface area contributed by atoms with Gasteiger partial charge in [-0.15, -0.1) is 0 Å². The zero-order chi connectivity index (χ0) is 18.7. The molecule has 1 aliphatic rings. The second-order valence-electron chi connectivity index (χ2n) is 6.84. The van der Waals surface area contributed by atoms with Crippen molar-refractivity contribution >= 4 is 11.8 Å². The Bertz CT molecular complexity index is 469. The van der Waals surface area contributed by atoms with Gasteiger partial charge in [0.15, 0.2) is 0 Å². The highest BCUT2D eigenvalue weighted by Gasteiger charge is 2.39. The molecule has 5 nitrogen and oxygen atoms in total. The molecule has 1 rings (SSSR count). The number of aliphatic carboxylic acids is 1. The van der Waals surface area contributed by atoms with Gasteiger partial charge in [0, 0.05) is 24.7 Å². The van der Waals surface area contributed by atoms with Gasteiger partial charge in [0.25, 0.3) is 0 Å². The van der Waals surface area contributed by atoms with Crippen LogP contribution in [0.15, 0.2) is 24.3 Å². The van der Waals surface area contributed by atoms with Crippen LogP contribution in [-0.4, -0.2) is 39.3 Å². The van der Waals surface area contributed by atoms with E-state index < -0.39 is 18.2 Å². The van der Waals surface area contributed by atoms with E-state index in [0.29, 0.717) is 19.3 Å². The molecule has 25 heavy (non-hydrogen) atoms. The summed E-state index contributed by atoms with van der Waals surface area (Å²) >= 11 is 0. The van der Waals surface area contributed by atoms with Crippen molar-refractivity contribution in [2.24, 2.45) is 11.8 Å². The lowest BCUT2D eigenvalue weighted by atomic mass is 9.88. The highest BCUT2D eigenvalue weighted by atomic mass is 16.4. The van der Waals surface area contributed by atoms with Crippen molar-refractivity contribution in [1.82, 2.24) is 0 Å². The Hall–Kier alpha value is -1.46. The van der Waals surface area contributed by atoms with E-state index in [4.69, 9.17) is 5.11 Å². The molecular formula is C20H32O5. The third-order valence-electron chi connectivity index (χ3n) is 4.72. The molecule has 0 heterocycles. The van der Waals surface area contributed by atoms with Crippen LogP contribution < -0.4 is 0 Å². The van der Waals surface area contributed by atoms with Crippen molar-refractivity contribution < 1.29 is 24.9 Å². The molecule has 0 amide bonds. The third-order valence-corrected chi connectivity index (χ3v) is 4.72. The standard InChI is InChI=1S/C20H32O5/c1-2-3-6-9-15(21)12-13-17-16(18(22)14-19(17)23)10-7-4-5-8-11-20(24)25/h3,6,12-13,15-17,19,21,23H,2,4-5,7-11,14H2,1H3,(H,24,25)/b6-3-,13-12+/t15-,16-,17-,19-/m1/s1. The van der Waals surface area contributed by atoms with E-state index in [-0.39, 0.29) is 30.5 Å². The number of unbranched alkanes of at least 4 members (excludes halogenated alkanes) is 3. The molecule has 0 unspecified atom stereocenters. The van der Waals surface area contributed by atoms with Crippen LogP contribution in [0, 0.1) is 11.8 Å². The molecule has 3 N–H and O–H groups in total. The van der Waals surface area contributed by atoms with Gasteiger partial charge in [-0.25, -0.2) is 0 Å². The number of carbonyl (C=O) groups is 2. The Morgan fingerprint density at radius 2 is 1.96 bits per heavy atom. The fraction of sp³-hybridized carbons (Fsp3) is 0.700. The largest absolute Gasteiger partial charge is 0.481 e. The summed E-state index contributed by atoms with van der Waals surface area (Å²) in [5.74, 6) is -1.10. The van der Waals surface area contributed by atoms with Gasteiger partial charge in [0.05, 0.1) is 12.2 Å². The van der Waals surface area contributed by atoms with Crippen LogP contribution in [-0.2, 0) is 9.59 Å². The normalized spacial score (nSPS) is 25.2. The summed E-state index contributed by atoms with van der Waals surface area (Å²) in [6.07, 6.45) is 12.0. The summed E-state index contributed by atoms with van der Waals surface area (Å²) < 4.78 is 0. The number of ketones is 1. The Balaban J connectivity index is 2.43. The van der Waals surface area contributed by atoms with E-state index in [1.807, 2.05) is 19.1 Å². The first-order chi connectivity index (χ1) is 12.0. The molecule has 5 heteroatoms. The Labute approximate surface area is 150 Å². The zero-order valence-corrected chi connectivity index (χ0v) is 15.1. The van der Waals surface area contributed by atoms with Crippen LogP contribution in [0.5, 0.6) is 0 Å². The summed E-state index contributed by atoms with van der Waals surface area (Å²) in [4.78, 5) is 22.6. The van der Waals surface area contributed by atoms with E-state index in [1.54, 1.807) is 12.2 Å². The van der Waals surface area contributed by atoms with Gasteiger partial charge in [-0.2, -0.15) is 0 Å². The molecule has 1 saturated carbocycles. The molecule has 0 saturated heterocycles. The Morgan fingerprint density at radius 3 is 2.64 bits per heavy atom. The lowest BCUT2D eigenvalue weighted by molar-refractivity contribution is -0.137. The van der Waals surface area contributed by atoms with Crippen molar-refractivity contribution in [3.05, 3.63) is 24.3 Å². The van der Waals surface area contributed by atoms with E-state index >= 15 is 0 Å². The fourth-order valence-corrected chi connectivity index (χ4v) is 3.32. The highest BCUT2D eigenvalue weighted by molar-refractivity contribution is 5.84. The number of aliphatic hydroxyl groups excluding tert-OH is 2. The molecule has 0 aromatic rings. The number of allylic oxidation sites excluding steroid dienone is 1. The molecule has 0 aromatic heterocycles. The predicted octanol–water partition coefficient (Wildman–Crippen LogP) is 3.25. The molecule has 0 aromatic carbocycles. The second kappa shape index (κ2) is 12.0. The fourth-order valence-electron chi connectivity index (χ4n) is 3.32. The molecule has 1 fully saturated rings. The summed E-state index contributed by atoms with van der Waals surface area (Å²) in [6, 6.07) is 0. The number of carboxylic acid groups (broad SMARTS) is 1. The minimum absolute atomic E-state index is 0.0908. The first kappa shape index (κ1) is 21.6. The van der Waals surface area contributed by atoms with Crippen molar-refractivity contribution in [3.8, 4) is 0 Å². The second-order valence-corrected chi connectivity index (χ2v) is 6.84. The smallest absolute Gasteiger partial charge is 0.303 e. The molecule has 0 aliphatic heterocycles. The molecule has 0 radical (unpaired) electrons. The maximum Gasteiger partial charge on any atom is 0.303 e. The third kappa shape index (κ3) is 8.45. The average molecular weight is 352 g/mol. The monoisotopic (exact) mass is 352 g/mol. The van der Waals surface area contributed by atoms with Crippen molar-refractivity contribution in [3.63, 3.8) is 0 Å². The SMILES string of the molecule is CC/C=C\C[C@@H](O)/C=C/[C@H]1[C@H](O)CC(=O)[C@@H]1CCCCCCC(=O)O. The van der Waals surface area contributed by atoms with Crippen molar-refractivity contribution in [1.29, 1.82) is 0 Å². The topological polar surface area (TPSA) is 94.8 Å². The van der Waals surface area contributed by atoms with Crippen LogP contribution in [0.3, 0.4) is 0 Å². The minimum atomic E-state index is -0.772. The van der Waals surface area contributed by atoms with Crippen LogP contribution in [0.2, 0.25) is 0 Å². The average Bonchev–Trinajstić information content (AvgIpc) is 2.82. The van der Waals surface area contributed by atoms with Gasteiger partial charge in [-0.3, -0.25) is 9.59 Å². The zero-order valence-electron chi connectivity index (χ0n) is 15.1. The van der Waals surface area contributed by atoms with Gasteiger partial charge in [0.1, 0.15) is 5.78 Å². The highest BCUT2D eigenvalue weighted by Crippen LogP contribution is 2.34. The van der Waals surface area contributed by atoms with Gasteiger partial charge >= 0.3 is 5.97 Å². The molecular weight excluding hydrogens is 320 g/mol. The van der Waals surface area contributed by atoms with Crippen molar-refractivity contribution in [2.45, 2.75) is 76.9 Å². The minimum Gasteiger partial charge on any atom is -0.481 e.